The van der Waals surface area contributed by atoms with E-state index in [1.54, 1.807) is 13.2 Å². The van der Waals surface area contributed by atoms with Crippen LogP contribution in [0.3, 0.4) is 0 Å². The maximum atomic E-state index is 4.40. The van der Waals surface area contributed by atoms with Gasteiger partial charge in [0.15, 0.2) is 5.96 Å². The molecule has 1 aromatic rings. The minimum Gasteiger partial charge on any atom is -0.352 e. The zero-order valence-electron chi connectivity index (χ0n) is 14.7. The van der Waals surface area contributed by atoms with E-state index in [1.807, 2.05) is 13.0 Å². The van der Waals surface area contributed by atoms with Gasteiger partial charge in [-0.05, 0) is 32.8 Å². The highest BCUT2D eigenvalue weighted by atomic mass is 127. The molecule has 1 saturated heterocycles. The molecule has 0 spiro atoms. The van der Waals surface area contributed by atoms with Crippen molar-refractivity contribution in [3.8, 4) is 0 Å². The topological polar surface area (TPSA) is 65.4 Å². The summed E-state index contributed by atoms with van der Waals surface area (Å²) in [4.78, 5) is 15.3. The van der Waals surface area contributed by atoms with Crippen LogP contribution in [0.4, 0.5) is 0 Å². The number of aliphatic imine (C=N–C) groups is 1. The normalized spacial score (nSPS) is 22.1. The van der Waals surface area contributed by atoms with Crippen LogP contribution < -0.4 is 10.6 Å². The van der Waals surface area contributed by atoms with Gasteiger partial charge >= 0.3 is 0 Å². The molecule has 0 saturated carbocycles. The van der Waals surface area contributed by atoms with Crippen molar-refractivity contribution in [3.63, 3.8) is 0 Å². The monoisotopic (exact) mass is 432 g/mol. The molecule has 23 heavy (non-hydrogen) atoms. The molecule has 6 nitrogen and oxygen atoms in total. The van der Waals surface area contributed by atoms with Gasteiger partial charge in [0.05, 0.1) is 12.2 Å². The van der Waals surface area contributed by atoms with E-state index in [9.17, 15) is 0 Å². The number of aryl methyl sites for hydroxylation is 1. The van der Waals surface area contributed by atoms with Gasteiger partial charge in [-0.2, -0.15) is 0 Å². The fraction of sp³-hybridized carbons (Fsp3) is 0.688. The van der Waals surface area contributed by atoms with Crippen LogP contribution in [-0.2, 0) is 6.54 Å². The van der Waals surface area contributed by atoms with Crippen molar-refractivity contribution in [3.05, 3.63) is 23.8 Å². The first-order valence-corrected chi connectivity index (χ1v) is 7.99. The Morgan fingerprint density at radius 2 is 2.17 bits per heavy atom. The van der Waals surface area contributed by atoms with Crippen LogP contribution >= 0.6 is 24.0 Å². The molecule has 0 radical (unpaired) electrons. The standard InChI is InChI=1S/C16H28N6.HI/c1-11(2)22-9-12(3)15(10-22)21-16(17-5)19-8-14-6-7-18-13(4)20-14;/h6-7,11-12,15H,8-10H2,1-5H3,(H2,17,19,21);1H. The molecule has 1 aliphatic rings. The Morgan fingerprint density at radius 3 is 2.74 bits per heavy atom. The Kier molecular flexibility index (Phi) is 8.18. The van der Waals surface area contributed by atoms with Crippen LogP contribution in [0.25, 0.3) is 0 Å². The second-order valence-corrected chi connectivity index (χ2v) is 6.30. The van der Waals surface area contributed by atoms with E-state index < -0.39 is 0 Å². The molecular weight excluding hydrogens is 403 g/mol. The zero-order valence-corrected chi connectivity index (χ0v) is 17.0. The van der Waals surface area contributed by atoms with E-state index in [1.165, 1.54) is 0 Å². The first kappa shape index (κ1) is 20.1. The number of nitrogens with one attached hydrogen (secondary N) is 2. The Labute approximate surface area is 156 Å². The second kappa shape index (κ2) is 9.36. The van der Waals surface area contributed by atoms with Crippen LogP contribution in [0, 0.1) is 12.8 Å². The summed E-state index contributed by atoms with van der Waals surface area (Å²) in [6.45, 7) is 11.5. The summed E-state index contributed by atoms with van der Waals surface area (Å²) in [6.07, 6.45) is 1.79. The number of nitrogens with zero attached hydrogens (tertiary/aromatic N) is 4. The lowest BCUT2D eigenvalue weighted by atomic mass is 10.1. The van der Waals surface area contributed by atoms with Gasteiger partial charge in [-0.1, -0.05) is 6.92 Å². The van der Waals surface area contributed by atoms with Crippen molar-refractivity contribution in [2.45, 2.75) is 46.3 Å². The maximum Gasteiger partial charge on any atom is 0.191 e. The van der Waals surface area contributed by atoms with Crippen LogP contribution in [0.1, 0.15) is 32.3 Å². The van der Waals surface area contributed by atoms with Crippen molar-refractivity contribution < 1.29 is 0 Å². The van der Waals surface area contributed by atoms with Gasteiger partial charge in [0.25, 0.3) is 0 Å². The SMILES string of the molecule is CN=C(NCc1ccnc(C)n1)NC1CN(C(C)C)CC1C.I. The molecule has 2 N–H and O–H groups in total. The molecular formula is C16H29IN6. The lowest BCUT2D eigenvalue weighted by Crippen LogP contribution is -2.46. The van der Waals surface area contributed by atoms with E-state index in [0.29, 0.717) is 24.5 Å². The molecule has 7 heteroatoms. The summed E-state index contributed by atoms with van der Waals surface area (Å²) in [5.41, 5.74) is 0.971. The number of aromatic nitrogens is 2. The first-order valence-electron chi connectivity index (χ1n) is 7.99. The molecule has 0 bridgehead atoms. The van der Waals surface area contributed by atoms with Gasteiger partial charge in [-0.25, -0.2) is 9.97 Å². The number of rotatable bonds is 4. The molecule has 0 amide bonds. The van der Waals surface area contributed by atoms with Crippen molar-refractivity contribution in [2.24, 2.45) is 10.9 Å². The zero-order chi connectivity index (χ0) is 16.1. The molecule has 0 aliphatic carbocycles. The van der Waals surface area contributed by atoms with Crippen LogP contribution in [-0.4, -0.2) is 53.0 Å². The number of guanidine groups is 1. The second-order valence-electron chi connectivity index (χ2n) is 6.30. The van der Waals surface area contributed by atoms with Crippen LogP contribution in [0.5, 0.6) is 0 Å². The number of hydrogen-bond acceptors (Lipinski definition) is 4. The summed E-state index contributed by atoms with van der Waals surface area (Å²) in [5.74, 6) is 2.24. The third-order valence-electron chi connectivity index (χ3n) is 4.19. The highest BCUT2D eigenvalue weighted by Crippen LogP contribution is 2.18. The molecule has 1 aromatic heterocycles. The van der Waals surface area contributed by atoms with Gasteiger partial charge in [0, 0.05) is 38.4 Å². The number of hydrogen-bond donors (Lipinski definition) is 2. The predicted molar refractivity (Wildman–Crippen MR) is 105 cm³/mol. The first-order chi connectivity index (χ1) is 10.5. The minimum absolute atomic E-state index is 0. The Morgan fingerprint density at radius 1 is 1.43 bits per heavy atom. The minimum atomic E-state index is 0. The predicted octanol–water partition coefficient (Wildman–Crippen LogP) is 1.80. The third-order valence-corrected chi connectivity index (χ3v) is 4.19. The Balaban J connectivity index is 0.00000264. The van der Waals surface area contributed by atoms with Crippen LogP contribution in [0.15, 0.2) is 17.3 Å². The lowest BCUT2D eigenvalue weighted by Gasteiger charge is -2.21. The van der Waals surface area contributed by atoms with E-state index >= 15 is 0 Å². The Hall–Kier alpha value is -0.960. The summed E-state index contributed by atoms with van der Waals surface area (Å²) in [6, 6.07) is 2.94. The molecule has 2 unspecified atom stereocenters. The molecule has 1 aliphatic heterocycles. The molecule has 2 heterocycles. The van der Waals surface area contributed by atoms with Crippen molar-refractivity contribution in [1.29, 1.82) is 0 Å². The van der Waals surface area contributed by atoms with E-state index in [-0.39, 0.29) is 24.0 Å². The van der Waals surface area contributed by atoms with Crippen LogP contribution in [0.2, 0.25) is 0 Å². The van der Waals surface area contributed by atoms with Crippen molar-refractivity contribution in [1.82, 2.24) is 25.5 Å². The van der Waals surface area contributed by atoms with Crippen molar-refractivity contribution in [2.75, 3.05) is 20.1 Å². The van der Waals surface area contributed by atoms with E-state index in [4.69, 9.17) is 0 Å². The fourth-order valence-corrected chi connectivity index (χ4v) is 2.76. The highest BCUT2D eigenvalue weighted by Gasteiger charge is 2.31. The molecule has 130 valence electrons. The number of likely N-dealkylation sites (tertiary alicyclic amines) is 1. The summed E-state index contributed by atoms with van der Waals surface area (Å²) in [7, 11) is 1.81. The molecule has 1 fully saturated rings. The van der Waals surface area contributed by atoms with Gasteiger partial charge in [0.1, 0.15) is 5.82 Å². The Bertz CT molecular complexity index is 519. The van der Waals surface area contributed by atoms with E-state index in [0.717, 1.165) is 30.6 Å². The smallest absolute Gasteiger partial charge is 0.191 e. The summed E-state index contributed by atoms with van der Waals surface area (Å²) < 4.78 is 0. The third kappa shape index (κ3) is 5.87. The molecule has 0 aromatic carbocycles. The molecule has 2 rings (SSSR count). The highest BCUT2D eigenvalue weighted by molar-refractivity contribution is 14.0. The van der Waals surface area contributed by atoms with E-state index in [2.05, 4.69) is 51.3 Å². The van der Waals surface area contributed by atoms with Crippen molar-refractivity contribution >= 4 is 29.9 Å². The fourth-order valence-electron chi connectivity index (χ4n) is 2.76. The van der Waals surface area contributed by atoms with Gasteiger partial charge in [-0.3, -0.25) is 9.89 Å². The van der Waals surface area contributed by atoms with Gasteiger partial charge < -0.3 is 10.6 Å². The molecule has 2 atom stereocenters. The maximum absolute atomic E-state index is 4.40. The van der Waals surface area contributed by atoms with Gasteiger partial charge in [-0.15, -0.1) is 24.0 Å². The number of halogens is 1. The average molecular weight is 432 g/mol. The average Bonchev–Trinajstić information content (AvgIpc) is 2.85. The summed E-state index contributed by atoms with van der Waals surface area (Å²) >= 11 is 0. The summed E-state index contributed by atoms with van der Waals surface area (Å²) in [5, 5.41) is 6.87. The lowest BCUT2D eigenvalue weighted by molar-refractivity contribution is 0.265. The quantitative estimate of drug-likeness (QED) is 0.432. The van der Waals surface area contributed by atoms with Gasteiger partial charge in [0.2, 0.25) is 0 Å². The largest absolute Gasteiger partial charge is 0.352 e.